The van der Waals surface area contributed by atoms with E-state index in [4.69, 9.17) is 0 Å². The lowest BCUT2D eigenvalue weighted by Gasteiger charge is -2.15. The molecule has 1 unspecified atom stereocenters. The largest absolute Gasteiger partial charge is 0.388 e. The summed E-state index contributed by atoms with van der Waals surface area (Å²) in [6, 6.07) is 10.4. The molecule has 0 saturated heterocycles. The first-order chi connectivity index (χ1) is 9.24. The average molecular weight is 274 g/mol. The SMILES string of the molecule is CN(Cc1ccccc1)c1nc2c(s1)C(O)CCC2. The molecular formula is C15H18N2OS. The molecule has 1 aliphatic carbocycles. The highest BCUT2D eigenvalue weighted by Gasteiger charge is 2.23. The van der Waals surface area contributed by atoms with Crippen LogP contribution in [-0.2, 0) is 13.0 Å². The summed E-state index contributed by atoms with van der Waals surface area (Å²) in [5.41, 5.74) is 2.37. The fourth-order valence-corrected chi connectivity index (χ4v) is 3.56. The molecular weight excluding hydrogens is 256 g/mol. The van der Waals surface area contributed by atoms with Crippen molar-refractivity contribution in [2.75, 3.05) is 11.9 Å². The van der Waals surface area contributed by atoms with Crippen molar-refractivity contribution in [3.63, 3.8) is 0 Å². The molecule has 4 heteroatoms. The van der Waals surface area contributed by atoms with Gasteiger partial charge < -0.3 is 10.0 Å². The van der Waals surface area contributed by atoms with E-state index in [-0.39, 0.29) is 6.10 Å². The van der Waals surface area contributed by atoms with Crippen molar-refractivity contribution in [1.82, 2.24) is 4.98 Å². The maximum absolute atomic E-state index is 10.00. The van der Waals surface area contributed by atoms with Crippen molar-refractivity contribution >= 4 is 16.5 Å². The molecule has 0 spiro atoms. The Kier molecular flexibility index (Phi) is 3.53. The van der Waals surface area contributed by atoms with E-state index >= 15 is 0 Å². The summed E-state index contributed by atoms with van der Waals surface area (Å²) in [5, 5.41) is 11.0. The number of nitrogens with zero attached hydrogens (tertiary/aromatic N) is 2. The number of aliphatic hydroxyl groups excluding tert-OH is 1. The van der Waals surface area contributed by atoms with Crippen molar-refractivity contribution in [1.29, 1.82) is 0 Å². The Morgan fingerprint density at radius 2 is 2.16 bits per heavy atom. The summed E-state index contributed by atoms with van der Waals surface area (Å²) in [6.45, 7) is 0.851. The number of fused-ring (bicyclic) bond motifs is 1. The number of aryl methyl sites for hydroxylation is 1. The number of hydrogen-bond acceptors (Lipinski definition) is 4. The third-order valence-electron chi connectivity index (χ3n) is 3.50. The third kappa shape index (κ3) is 2.65. The second-order valence-corrected chi connectivity index (χ2v) is 6.07. The maximum Gasteiger partial charge on any atom is 0.185 e. The molecule has 1 aromatic carbocycles. The first kappa shape index (κ1) is 12.6. The van der Waals surface area contributed by atoms with Crippen LogP contribution in [0.3, 0.4) is 0 Å². The summed E-state index contributed by atoms with van der Waals surface area (Å²) in [5.74, 6) is 0. The van der Waals surface area contributed by atoms with Crippen LogP contribution in [0.25, 0.3) is 0 Å². The monoisotopic (exact) mass is 274 g/mol. The molecule has 19 heavy (non-hydrogen) atoms. The van der Waals surface area contributed by atoms with Crippen LogP contribution in [0.1, 0.15) is 35.1 Å². The molecule has 1 heterocycles. The van der Waals surface area contributed by atoms with Gasteiger partial charge >= 0.3 is 0 Å². The van der Waals surface area contributed by atoms with Crippen LogP contribution in [0.2, 0.25) is 0 Å². The lowest BCUT2D eigenvalue weighted by molar-refractivity contribution is 0.160. The molecule has 0 bridgehead atoms. The molecule has 3 nitrogen and oxygen atoms in total. The fourth-order valence-electron chi connectivity index (χ4n) is 2.47. The van der Waals surface area contributed by atoms with Crippen LogP contribution >= 0.6 is 11.3 Å². The molecule has 1 atom stereocenters. The highest BCUT2D eigenvalue weighted by atomic mass is 32.1. The van der Waals surface area contributed by atoms with E-state index in [2.05, 4.69) is 41.2 Å². The second-order valence-electron chi connectivity index (χ2n) is 5.06. The van der Waals surface area contributed by atoms with Crippen LogP contribution in [0.4, 0.5) is 5.13 Å². The predicted octanol–water partition coefficient (Wildman–Crippen LogP) is 3.15. The minimum atomic E-state index is -0.305. The summed E-state index contributed by atoms with van der Waals surface area (Å²) < 4.78 is 0. The highest BCUT2D eigenvalue weighted by molar-refractivity contribution is 7.15. The Morgan fingerprint density at radius 1 is 1.37 bits per heavy atom. The Labute approximate surface area is 117 Å². The van der Waals surface area contributed by atoms with E-state index in [0.717, 1.165) is 41.5 Å². The molecule has 1 aromatic heterocycles. The smallest absolute Gasteiger partial charge is 0.185 e. The van der Waals surface area contributed by atoms with Gasteiger partial charge in [-0.2, -0.15) is 0 Å². The zero-order chi connectivity index (χ0) is 13.2. The highest BCUT2D eigenvalue weighted by Crippen LogP contribution is 2.37. The predicted molar refractivity (Wildman–Crippen MR) is 78.6 cm³/mol. The molecule has 100 valence electrons. The summed E-state index contributed by atoms with van der Waals surface area (Å²) in [6.07, 6.45) is 2.61. The molecule has 0 fully saturated rings. The van der Waals surface area contributed by atoms with E-state index in [1.165, 1.54) is 5.56 Å². The van der Waals surface area contributed by atoms with Gasteiger partial charge in [-0.05, 0) is 24.8 Å². The minimum absolute atomic E-state index is 0.305. The van der Waals surface area contributed by atoms with E-state index in [0.29, 0.717) is 0 Å². The molecule has 0 saturated carbocycles. The zero-order valence-corrected chi connectivity index (χ0v) is 11.9. The number of thiazole rings is 1. The molecule has 0 aliphatic heterocycles. The van der Waals surface area contributed by atoms with E-state index < -0.39 is 0 Å². The Bertz CT molecular complexity index is 553. The second kappa shape index (κ2) is 5.31. The number of aliphatic hydroxyl groups is 1. The number of rotatable bonds is 3. The third-order valence-corrected chi connectivity index (χ3v) is 4.81. The standard InChI is InChI=1S/C15H18N2OS/c1-17(10-11-6-3-2-4-7-11)15-16-12-8-5-9-13(18)14(12)19-15/h2-4,6-7,13,18H,5,8-10H2,1H3. The maximum atomic E-state index is 10.00. The van der Waals surface area contributed by atoms with Gasteiger partial charge in [0, 0.05) is 13.6 Å². The van der Waals surface area contributed by atoms with E-state index in [1.807, 2.05) is 6.07 Å². The van der Waals surface area contributed by atoms with Gasteiger partial charge in [-0.1, -0.05) is 41.7 Å². The first-order valence-corrected chi connectivity index (χ1v) is 7.48. The van der Waals surface area contributed by atoms with Crippen LogP contribution in [-0.4, -0.2) is 17.1 Å². The number of hydrogen-bond donors (Lipinski definition) is 1. The van der Waals surface area contributed by atoms with Crippen LogP contribution < -0.4 is 4.90 Å². The van der Waals surface area contributed by atoms with Gasteiger partial charge in [0.05, 0.1) is 16.7 Å². The van der Waals surface area contributed by atoms with Gasteiger partial charge in [-0.3, -0.25) is 0 Å². The molecule has 2 aromatic rings. The minimum Gasteiger partial charge on any atom is -0.388 e. The summed E-state index contributed by atoms with van der Waals surface area (Å²) in [4.78, 5) is 7.91. The van der Waals surface area contributed by atoms with Gasteiger partial charge in [-0.25, -0.2) is 4.98 Å². The first-order valence-electron chi connectivity index (χ1n) is 6.67. The van der Waals surface area contributed by atoms with Crippen LogP contribution in [0, 0.1) is 0 Å². The summed E-state index contributed by atoms with van der Waals surface area (Å²) in [7, 11) is 2.06. The van der Waals surface area contributed by atoms with Crippen molar-refractivity contribution in [3.8, 4) is 0 Å². The molecule has 1 N–H and O–H groups in total. The Morgan fingerprint density at radius 3 is 2.89 bits per heavy atom. The van der Waals surface area contributed by atoms with Gasteiger partial charge in [0.25, 0.3) is 0 Å². The van der Waals surface area contributed by atoms with Crippen LogP contribution in [0.5, 0.6) is 0 Å². The van der Waals surface area contributed by atoms with Gasteiger partial charge in [0.2, 0.25) is 0 Å². The summed E-state index contributed by atoms with van der Waals surface area (Å²) >= 11 is 1.64. The Hall–Kier alpha value is -1.39. The normalized spacial score (nSPS) is 18.1. The topological polar surface area (TPSA) is 36.4 Å². The van der Waals surface area contributed by atoms with Gasteiger partial charge in [-0.15, -0.1) is 0 Å². The quantitative estimate of drug-likeness (QED) is 0.934. The van der Waals surface area contributed by atoms with Crippen molar-refractivity contribution in [3.05, 3.63) is 46.5 Å². The lowest BCUT2D eigenvalue weighted by Crippen LogP contribution is -2.16. The van der Waals surface area contributed by atoms with E-state index in [1.54, 1.807) is 11.3 Å². The fraction of sp³-hybridized carbons (Fsp3) is 0.400. The molecule has 0 amide bonds. The number of benzene rings is 1. The van der Waals surface area contributed by atoms with E-state index in [9.17, 15) is 5.11 Å². The van der Waals surface area contributed by atoms with Gasteiger partial charge in [0.1, 0.15) is 0 Å². The number of anilines is 1. The zero-order valence-electron chi connectivity index (χ0n) is 11.0. The lowest BCUT2D eigenvalue weighted by atomic mass is 10.0. The number of aromatic nitrogens is 1. The van der Waals surface area contributed by atoms with Crippen molar-refractivity contribution < 1.29 is 5.11 Å². The molecule has 3 rings (SSSR count). The Balaban J connectivity index is 1.79. The van der Waals surface area contributed by atoms with Crippen LogP contribution in [0.15, 0.2) is 30.3 Å². The molecule has 1 aliphatic rings. The average Bonchev–Trinajstić information content (AvgIpc) is 2.85. The van der Waals surface area contributed by atoms with Gasteiger partial charge in [0.15, 0.2) is 5.13 Å². The van der Waals surface area contributed by atoms with Crippen molar-refractivity contribution in [2.24, 2.45) is 0 Å². The molecule has 0 radical (unpaired) electrons. The van der Waals surface area contributed by atoms with Crippen molar-refractivity contribution in [2.45, 2.75) is 31.9 Å².